The van der Waals surface area contributed by atoms with Crippen LogP contribution in [-0.4, -0.2) is 25.6 Å². The van der Waals surface area contributed by atoms with Crippen molar-refractivity contribution in [1.29, 1.82) is 0 Å². The summed E-state index contributed by atoms with van der Waals surface area (Å²) in [6.07, 6.45) is 3.17. The van der Waals surface area contributed by atoms with E-state index in [4.69, 9.17) is 4.52 Å². The summed E-state index contributed by atoms with van der Waals surface area (Å²) in [6, 6.07) is 13.5. The lowest BCUT2D eigenvalue weighted by atomic mass is 10.2. The molecule has 0 fully saturated rings. The van der Waals surface area contributed by atoms with Gasteiger partial charge in [-0.3, -0.25) is 4.79 Å². The minimum atomic E-state index is -0.388. The number of hydrogen-bond donors (Lipinski definition) is 1. The third kappa shape index (κ3) is 3.96. The van der Waals surface area contributed by atoms with Crippen LogP contribution in [0.2, 0.25) is 0 Å². The van der Waals surface area contributed by atoms with Gasteiger partial charge in [0.05, 0.1) is 6.33 Å². The number of carbonyl (C=O) groups excluding carboxylic acids is 1. The maximum Gasteiger partial charge on any atom is 0.258 e. The van der Waals surface area contributed by atoms with Crippen LogP contribution in [0.25, 0.3) is 23.0 Å². The van der Waals surface area contributed by atoms with E-state index in [9.17, 15) is 9.18 Å². The molecule has 2 heterocycles. The van der Waals surface area contributed by atoms with Gasteiger partial charge in [0.1, 0.15) is 18.1 Å². The quantitative estimate of drug-likeness (QED) is 0.573. The first-order valence-electron chi connectivity index (χ1n) is 8.55. The average molecular weight is 377 g/mol. The fourth-order valence-electron chi connectivity index (χ4n) is 2.72. The van der Waals surface area contributed by atoms with Crippen molar-refractivity contribution in [3.63, 3.8) is 0 Å². The van der Waals surface area contributed by atoms with E-state index >= 15 is 0 Å². The average Bonchev–Trinajstić information content (AvgIpc) is 3.31. The van der Waals surface area contributed by atoms with Crippen LogP contribution < -0.4 is 5.32 Å². The van der Waals surface area contributed by atoms with Gasteiger partial charge in [0.25, 0.3) is 5.89 Å². The van der Waals surface area contributed by atoms with Gasteiger partial charge in [-0.25, -0.2) is 9.37 Å². The van der Waals surface area contributed by atoms with Crippen molar-refractivity contribution in [3.8, 4) is 23.0 Å². The lowest BCUT2D eigenvalue weighted by molar-refractivity contribution is -0.116. The van der Waals surface area contributed by atoms with Crippen molar-refractivity contribution in [2.45, 2.75) is 13.5 Å². The zero-order valence-corrected chi connectivity index (χ0v) is 15.0. The Morgan fingerprint density at radius 1 is 1.21 bits per heavy atom. The summed E-state index contributed by atoms with van der Waals surface area (Å²) in [7, 11) is 0. The van der Waals surface area contributed by atoms with Crippen LogP contribution >= 0.6 is 0 Å². The van der Waals surface area contributed by atoms with Crippen LogP contribution in [0, 0.1) is 12.7 Å². The van der Waals surface area contributed by atoms with Gasteiger partial charge in [-0.2, -0.15) is 4.98 Å². The zero-order valence-electron chi connectivity index (χ0n) is 15.0. The van der Waals surface area contributed by atoms with Crippen molar-refractivity contribution < 1.29 is 13.7 Å². The SMILES string of the molecule is Cc1cccc(NC(=O)Cn2cnc(-c3noc(-c4cccc(F)c4)n3)c2)c1. The Labute approximate surface area is 159 Å². The molecule has 2 aromatic carbocycles. The van der Waals surface area contributed by atoms with Gasteiger partial charge in [-0.15, -0.1) is 0 Å². The Hall–Kier alpha value is -3.81. The van der Waals surface area contributed by atoms with Crippen LogP contribution in [-0.2, 0) is 11.3 Å². The number of benzene rings is 2. The highest BCUT2D eigenvalue weighted by atomic mass is 19.1. The molecule has 0 unspecified atom stereocenters. The van der Waals surface area contributed by atoms with Gasteiger partial charge in [0.15, 0.2) is 0 Å². The standard InChI is InChI=1S/C20H16FN5O2/c1-13-4-2-7-16(8-13)23-18(27)11-26-10-17(22-12-26)19-24-20(28-25-19)14-5-3-6-15(21)9-14/h2-10,12H,11H2,1H3,(H,23,27). The van der Waals surface area contributed by atoms with Gasteiger partial charge in [0, 0.05) is 17.4 Å². The number of aromatic nitrogens is 4. The van der Waals surface area contributed by atoms with Gasteiger partial charge in [-0.1, -0.05) is 23.4 Å². The smallest absolute Gasteiger partial charge is 0.258 e. The van der Waals surface area contributed by atoms with Crippen LogP contribution in [0.1, 0.15) is 5.56 Å². The number of aryl methyl sites for hydroxylation is 1. The molecule has 0 aliphatic carbocycles. The Kier molecular flexibility index (Phi) is 4.67. The molecule has 2 aromatic heterocycles. The summed E-state index contributed by atoms with van der Waals surface area (Å²) >= 11 is 0. The van der Waals surface area contributed by atoms with Crippen molar-refractivity contribution in [2.75, 3.05) is 5.32 Å². The summed E-state index contributed by atoms with van der Waals surface area (Å²) in [4.78, 5) is 20.7. The number of carbonyl (C=O) groups is 1. The molecule has 0 bridgehead atoms. The number of rotatable bonds is 5. The molecule has 0 spiro atoms. The molecule has 0 atom stereocenters. The number of imidazole rings is 1. The summed E-state index contributed by atoms with van der Waals surface area (Å²) in [5.74, 6) is -0.109. The third-order valence-electron chi connectivity index (χ3n) is 3.99. The minimum Gasteiger partial charge on any atom is -0.334 e. The van der Waals surface area contributed by atoms with E-state index in [2.05, 4.69) is 20.4 Å². The van der Waals surface area contributed by atoms with E-state index in [0.717, 1.165) is 11.3 Å². The zero-order chi connectivity index (χ0) is 19.5. The fourth-order valence-corrected chi connectivity index (χ4v) is 2.72. The van der Waals surface area contributed by atoms with Crippen molar-refractivity contribution in [1.82, 2.24) is 19.7 Å². The third-order valence-corrected chi connectivity index (χ3v) is 3.99. The maximum absolute atomic E-state index is 13.3. The van der Waals surface area contributed by atoms with Gasteiger partial charge in [0.2, 0.25) is 11.7 Å². The van der Waals surface area contributed by atoms with E-state index in [1.807, 2.05) is 31.2 Å². The predicted molar refractivity (Wildman–Crippen MR) is 101 cm³/mol. The number of hydrogen-bond acceptors (Lipinski definition) is 5. The first-order valence-corrected chi connectivity index (χ1v) is 8.55. The molecule has 7 nitrogen and oxygen atoms in total. The van der Waals surface area contributed by atoms with Crippen molar-refractivity contribution in [3.05, 3.63) is 72.4 Å². The molecule has 0 aliphatic rings. The summed E-state index contributed by atoms with van der Waals surface area (Å²) in [5.41, 5.74) is 2.74. The Bertz CT molecular complexity index is 1130. The van der Waals surface area contributed by atoms with Crippen LogP contribution in [0.3, 0.4) is 0 Å². The Balaban J connectivity index is 1.45. The lowest BCUT2D eigenvalue weighted by Crippen LogP contribution is -2.17. The van der Waals surface area contributed by atoms with Crippen molar-refractivity contribution in [2.24, 2.45) is 0 Å². The topological polar surface area (TPSA) is 85.8 Å². The first kappa shape index (κ1) is 17.6. The van der Waals surface area contributed by atoms with Crippen LogP contribution in [0.5, 0.6) is 0 Å². The highest BCUT2D eigenvalue weighted by Gasteiger charge is 2.14. The lowest BCUT2D eigenvalue weighted by Gasteiger charge is -2.06. The molecule has 1 N–H and O–H groups in total. The van der Waals surface area contributed by atoms with Crippen LogP contribution in [0.15, 0.2) is 65.6 Å². The monoisotopic (exact) mass is 377 g/mol. The van der Waals surface area contributed by atoms with E-state index < -0.39 is 0 Å². The van der Waals surface area contributed by atoms with Crippen LogP contribution in [0.4, 0.5) is 10.1 Å². The van der Waals surface area contributed by atoms with E-state index in [1.54, 1.807) is 22.9 Å². The Morgan fingerprint density at radius 2 is 2.07 bits per heavy atom. The number of nitrogens with zero attached hydrogens (tertiary/aromatic N) is 4. The summed E-state index contributed by atoms with van der Waals surface area (Å²) < 4.78 is 20.2. The molecular weight excluding hydrogens is 361 g/mol. The van der Waals surface area contributed by atoms with Gasteiger partial charge < -0.3 is 14.4 Å². The van der Waals surface area contributed by atoms with E-state index in [0.29, 0.717) is 11.3 Å². The largest absolute Gasteiger partial charge is 0.334 e. The summed E-state index contributed by atoms with van der Waals surface area (Å²) in [5, 5.41) is 6.72. The van der Waals surface area contributed by atoms with Crippen molar-refractivity contribution >= 4 is 11.6 Å². The van der Waals surface area contributed by atoms with Gasteiger partial charge in [-0.05, 0) is 42.8 Å². The molecule has 140 valence electrons. The second-order valence-corrected chi connectivity index (χ2v) is 6.28. The second-order valence-electron chi connectivity index (χ2n) is 6.28. The molecule has 0 saturated carbocycles. The molecule has 0 radical (unpaired) electrons. The minimum absolute atomic E-state index is 0.0928. The molecule has 4 rings (SSSR count). The fraction of sp³-hybridized carbons (Fsp3) is 0.100. The molecular formula is C20H16FN5O2. The Morgan fingerprint density at radius 3 is 2.89 bits per heavy atom. The van der Waals surface area contributed by atoms with Gasteiger partial charge >= 0.3 is 0 Å². The second kappa shape index (κ2) is 7.43. The van der Waals surface area contributed by atoms with E-state index in [1.165, 1.54) is 18.5 Å². The highest BCUT2D eigenvalue weighted by Crippen LogP contribution is 2.21. The molecule has 1 amide bonds. The molecule has 0 saturated heterocycles. The first-order chi connectivity index (χ1) is 13.6. The predicted octanol–water partition coefficient (Wildman–Crippen LogP) is 3.69. The molecule has 4 aromatic rings. The summed E-state index contributed by atoms with van der Waals surface area (Å²) in [6.45, 7) is 2.05. The molecule has 0 aliphatic heterocycles. The number of amides is 1. The number of nitrogens with one attached hydrogen (secondary N) is 1. The molecule has 8 heteroatoms. The maximum atomic E-state index is 13.3. The normalized spacial score (nSPS) is 10.8. The number of anilines is 1. The molecule has 28 heavy (non-hydrogen) atoms. The highest BCUT2D eigenvalue weighted by molar-refractivity contribution is 5.90. The van der Waals surface area contributed by atoms with E-state index in [-0.39, 0.29) is 30.0 Å². The number of halogens is 1.